The molecule has 3 aliphatic rings. The number of carboxylic acids is 1. The van der Waals surface area contributed by atoms with Gasteiger partial charge in [-0.1, -0.05) is 48.5 Å². The Bertz CT molecular complexity index is 878. The van der Waals surface area contributed by atoms with E-state index in [-0.39, 0.29) is 25.0 Å². The fourth-order valence-electron chi connectivity index (χ4n) is 4.64. The van der Waals surface area contributed by atoms with Crippen LogP contribution < -0.4 is 0 Å². The molecule has 132 valence electrons. The topological polar surface area (TPSA) is 66.8 Å². The molecule has 2 aliphatic carbocycles. The molecule has 1 aliphatic heterocycles. The standard InChI is InChI=1S/C21H19NO4/c23-19(24)21-9-13(21)10-22(12-21)20(25)26-11-18-16-7-3-1-5-14(16)15-6-2-4-8-17(15)18/h1-8,13,18H,9-12H2,(H,23,24)/t13-,21-/m0/s1. The highest BCUT2D eigenvalue weighted by atomic mass is 16.6. The van der Waals surface area contributed by atoms with Gasteiger partial charge in [0, 0.05) is 19.0 Å². The first-order valence-electron chi connectivity index (χ1n) is 8.93. The van der Waals surface area contributed by atoms with Gasteiger partial charge in [0.25, 0.3) is 0 Å². The SMILES string of the molecule is O=C(OCC1c2ccccc2-c2ccccc21)N1C[C@@H]2C[C@]2(C(=O)O)C1. The third-order valence-corrected chi connectivity index (χ3v) is 6.17. The predicted molar refractivity (Wildman–Crippen MR) is 94.8 cm³/mol. The smallest absolute Gasteiger partial charge is 0.409 e. The number of benzene rings is 2. The lowest BCUT2D eigenvalue weighted by Crippen LogP contribution is -2.35. The number of hydrogen-bond donors (Lipinski definition) is 1. The van der Waals surface area contributed by atoms with Gasteiger partial charge >= 0.3 is 12.1 Å². The Morgan fingerprint density at radius 1 is 1.08 bits per heavy atom. The molecule has 0 aromatic heterocycles. The minimum atomic E-state index is -0.795. The first-order valence-corrected chi connectivity index (χ1v) is 8.93. The molecule has 1 amide bonds. The quantitative estimate of drug-likeness (QED) is 0.923. The fourth-order valence-corrected chi connectivity index (χ4v) is 4.64. The molecular formula is C21H19NO4. The molecule has 2 atom stereocenters. The molecular weight excluding hydrogens is 330 g/mol. The van der Waals surface area contributed by atoms with Crippen LogP contribution in [0.5, 0.6) is 0 Å². The average Bonchev–Trinajstić information content (AvgIpc) is 3.09. The van der Waals surface area contributed by atoms with Gasteiger partial charge in [-0.25, -0.2) is 4.79 Å². The van der Waals surface area contributed by atoms with Crippen LogP contribution in [-0.2, 0) is 9.53 Å². The van der Waals surface area contributed by atoms with Crippen LogP contribution in [0, 0.1) is 11.3 Å². The van der Waals surface area contributed by atoms with Gasteiger partial charge in [-0.3, -0.25) is 4.79 Å². The average molecular weight is 349 g/mol. The summed E-state index contributed by atoms with van der Waals surface area (Å²) in [5.41, 5.74) is 4.01. The van der Waals surface area contributed by atoms with Crippen LogP contribution >= 0.6 is 0 Å². The summed E-state index contributed by atoms with van der Waals surface area (Å²) in [5.74, 6) is -0.686. The van der Waals surface area contributed by atoms with Crippen molar-refractivity contribution < 1.29 is 19.4 Å². The summed E-state index contributed by atoms with van der Waals surface area (Å²) in [5, 5.41) is 9.36. The van der Waals surface area contributed by atoms with E-state index in [0.717, 1.165) is 0 Å². The molecule has 1 heterocycles. The van der Waals surface area contributed by atoms with Gasteiger partial charge in [-0.05, 0) is 34.6 Å². The van der Waals surface area contributed by atoms with E-state index in [1.165, 1.54) is 22.3 Å². The largest absolute Gasteiger partial charge is 0.481 e. The molecule has 1 saturated carbocycles. The second-order valence-electron chi connectivity index (χ2n) is 7.55. The number of piperidine rings is 1. The van der Waals surface area contributed by atoms with Crippen molar-refractivity contribution in [2.75, 3.05) is 19.7 Å². The molecule has 5 nitrogen and oxygen atoms in total. The molecule has 2 fully saturated rings. The number of fused-ring (bicyclic) bond motifs is 4. The zero-order chi connectivity index (χ0) is 17.9. The number of likely N-dealkylation sites (tertiary alicyclic amines) is 1. The van der Waals surface area contributed by atoms with Gasteiger partial charge < -0.3 is 14.7 Å². The van der Waals surface area contributed by atoms with Crippen molar-refractivity contribution in [3.8, 4) is 11.1 Å². The van der Waals surface area contributed by atoms with Crippen molar-refractivity contribution in [1.29, 1.82) is 0 Å². The first-order chi connectivity index (χ1) is 12.6. The van der Waals surface area contributed by atoms with Crippen LogP contribution in [-0.4, -0.2) is 41.8 Å². The molecule has 5 rings (SSSR count). The molecule has 2 aromatic rings. The number of ether oxygens (including phenoxy) is 1. The van der Waals surface area contributed by atoms with Crippen molar-refractivity contribution >= 4 is 12.1 Å². The van der Waals surface area contributed by atoms with E-state index in [2.05, 4.69) is 24.3 Å². The third-order valence-electron chi connectivity index (χ3n) is 6.17. The summed E-state index contributed by atoms with van der Waals surface area (Å²) >= 11 is 0. The Balaban J connectivity index is 1.32. The molecule has 26 heavy (non-hydrogen) atoms. The zero-order valence-corrected chi connectivity index (χ0v) is 14.2. The van der Waals surface area contributed by atoms with E-state index < -0.39 is 17.5 Å². The number of aliphatic carboxylic acids is 1. The monoisotopic (exact) mass is 349 g/mol. The summed E-state index contributed by atoms with van der Waals surface area (Å²) in [6.07, 6.45) is 0.273. The maximum absolute atomic E-state index is 12.5. The summed E-state index contributed by atoms with van der Waals surface area (Å²) in [4.78, 5) is 25.4. The van der Waals surface area contributed by atoms with Gasteiger partial charge in [0.15, 0.2) is 0 Å². The predicted octanol–water partition coefficient (Wildman–Crippen LogP) is 3.34. The Labute approximate surface area is 151 Å². The van der Waals surface area contributed by atoms with E-state index in [1.807, 2.05) is 24.3 Å². The number of amides is 1. The van der Waals surface area contributed by atoms with Gasteiger partial charge in [0.2, 0.25) is 0 Å². The summed E-state index contributed by atoms with van der Waals surface area (Å²) < 4.78 is 5.61. The lowest BCUT2D eigenvalue weighted by atomic mass is 9.98. The van der Waals surface area contributed by atoms with Crippen molar-refractivity contribution in [3.63, 3.8) is 0 Å². The van der Waals surface area contributed by atoms with E-state index in [9.17, 15) is 14.7 Å². The highest BCUT2D eigenvalue weighted by molar-refractivity contribution is 5.82. The van der Waals surface area contributed by atoms with Gasteiger partial charge in [0.05, 0.1) is 5.41 Å². The highest BCUT2D eigenvalue weighted by Gasteiger charge is 2.66. The number of rotatable bonds is 3. The molecule has 1 saturated heterocycles. The molecule has 0 unspecified atom stereocenters. The summed E-state index contributed by atoms with van der Waals surface area (Å²) in [6.45, 7) is 1.03. The van der Waals surface area contributed by atoms with Crippen molar-refractivity contribution in [2.24, 2.45) is 11.3 Å². The Morgan fingerprint density at radius 2 is 1.69 bits per heavy atom. The fraction of sp³-hybridized carbons (Fsp3) is 0.333. The van der Waals surface area contributed by atoms with Crippen molar-refractivity contribution in [2.45, 2.75) is 12.3 Å². The second-order valence-corrected chi connectivity index (χ2v) is 7.55. The first kappa shape index (κ1) is 15.4. The van der Waals surface area contributed by atoms with E-state index in [4.69, 9.17) is 4.74 Å². The van der Waals surface area contributed by atoms with Gasteiger partial charge in [0.1, 0.15) is 6.61 Å². The third kappa shape index (κ3) is 2.09. The number of carbonyl (C=O) groups excluding carboxylic acids is 1. The van der Waals surface area contributed by atoms with Crippen LogP contribution in [0.1, 0.15) is 23.5 Å². The number of carbonyl (C=O) groups is 2. The lowest BCUT2D eigenvalue weighted by Gasteiger charge is -2.21. The van der Waals surface area contributed by atoms with Crippen LogP contribution in [0.2, 0.25) is 0 Å². The maximum Gasteiger partial charge on any atom is 0.409 e. The van der Waals surface area contributed by atoms with E-state index in [0.29, 0.717) is 13.0 Å². The van der Waals surface area contributed by atoms with Crippen molar-refractivity contribution in [1.82, 2.24) is 4.90 Å². The minimum absolute atomic E-state index is 0.0249. The Hall–Kier alpha value is -2.82. The molecule has 5 heteroatoms. The molecule has 1 N–H and O–H groups in total. The molecule has 0 bridgehead atoms. The van der Waals surface area contributed by atoms with Crippen LogP contribution in [0.4, 0.5) is 4.79 Å². The Kier molecular flexibility index (Phi) is 3.17. The Morgan fingerprint density at radius 3 is 2.27 bits per heavy atom. The zero-order valence-electron chi connectivity index (χ0n) is 14.2. The van der Waals surface area contributed by atoms with Gasteiger partial charge in [-0.2, -0.15) is 0 Å². The lowest BCUT2D eigenvalue weighted by molar-refractivity contribution is -0.143. The van der Waals surface area contributed by atoms with Crippen LogP contribution in [0.25, 0.3) is 11.1 Å². The number of nitrogens with zero attached hydrogens (tertiary/aromatic N) is 1. The summed E-state index contributed by atoms with van der Waals surface area (Å²) in [7, 11) is 0. The maximum atomic E-state index is 12.5. The van der Waals surface area contributed by atoms with Gasteiger partial charge in [-0.15, -0.1) is 0 Å². The second kappa shape index (κ2) is 5.34. The number of carboxylic acid groups (broad SMARTS) is 1. The minimum Gasteiger partial charge on any atom is -0.481 e. The van der Waals surface area contributed by atoms with Crippen molar-refractivity contribution in [3.05, 3.63) is 59.7 Å². The molecule has 0 spiro atoms. The molecule has 0 radical (unpaired) electrons. The molecule has 2 aromatic carbocycles. The van der Waals surface area contributed by atoms with Crippen LogP contribution in [0.15, 0.2) is 48.5 Å². The van der Waals surface area contributed by atoms with Crippen LogP contribution in [0.3, 0.4) is 0 Å². The normalized spacial score (nSPS) is 25.4. The van der Waals surface area contributed by atoms with E-state index >= 15 is 0 Å². The highest BCUT2D eigenvalue weighted by Crippen LogP contribution is 2.58. The number of hydrogen-bond acceptors (Lipinski definition) is 3. The van der Waals surface area contributed by atoms with E-state index in [1.54, 1.807) is 4.90 Å². The summed E-state index contributed by atoms with van der Waals surface area (Å²) in [6, 6.07) is 16.4.